The summed E-state index contributed by atoms with van der Waals surface area (Å²) in [6, 6.07) is 11.0. The first-order valence-corrected chi connectivity index (χ1v) is 10.3. The molecule has 0 bridgehead atoms. The molecule has 3 rings (SSSR count). The van der Waals surface area contributed by atoms with Gasteiger partial charge in [0.05, 0.1) is 17.2 Å². The zero-order valence-electron chi connectivity index (χ0n) is 16.6. The summed E-state index contributed by atoms with van der Waals surface area (Å²) in [4.78, 5) is 9.49. The van der Waals surface area contributed by atoms with Gasteiger partial charge < -0.3 is 0 Å². The predicted octanol–water partition coefficient (Wildman–Crippen LogP) is 2.23. The number of guanidine groups is 1. The van der Waals surface area contributed by atoms with Gasteiger partial charge in [0, 0.05) is 6.07 Å². The number of nitrogens with zero attached hydrogens (tertiary/aromatic N) is 4. The average molecular weight is 434 g/mol. The van der Waals surface area contributed by atoms with E-state index in [9.17, 15) is 23.1 Å². The van der Waals surface area contributed by atoms with Crippen LogP contribution in [0.3, 0.4) is 0 Å². The molecule has 1 saturated heterocycles. The molecule has 12 heteroatoms. The second-order valence-corrected chi connectivity index (χ2v) is 8.82. The monoisotopic (exact) mass is 434 g/mol. The number of benzene rings is 2. The molecule has 160 valence electrons. The number of anilines is 1. The van der Waals surface area contributed by atoms with Crippen LogP contribution in [0.1, 0.15) is 25.0 Å². The summed E-state index contributed by atoms with van der Waals surface area (Å²) in [5.41, 5.74) is 0.402. The fourth-order valence-electron chi connectivity index (χ4n) is 3.34. The number of nitro groups is 1. The Balaban J connectivity index is 2.13. The number of hydrazine groups is 2. The molecule has 2 aromatic rings. The molecule has 1 fully saturated rings. The van der Waals surface area contributed by atoms with E-state index < -0.39 is 31.3 Å². The number of nitrogens with two attached hydrogens (primary N) is 1. The number of nitrogens with one attached hydrogen (secondary N) is 1. The van der Waals surface area contributed by atoms with Crippen molar-refractivity contribution in [3.05, 3.63) is 63.7 Å². The average Bonchev–Trinajstić information content (AvgIpc) is 2.82. The summed E-state index contributed by atoms with van der Waals surface area (Å²) in [6.45, 7) is 5.62. The van der Waals surface area contributed by atoms with E-state index in [0.29, 0.717) is 0 Å². The maximum atomic E-state index is 11.8. The second-order valence-electron chi connectivity index (χ2n) is 7.43. The topological polar surface area (TPSA) is 157 Å². The normalized spacial score (nSPS) is 16.3. The molecular weight excluding hydrogens is 412 g/mol. The quantitative estimate of drug-likeness (QED) is 0.278. The minimum Gasteiger partial charge on any atom is -0.282 e. The number of nitro benzene ring substituents is 1. The van der Waals surface area contributed by atoms with Gasteiger partial charge in [0.2, 0.25) is 5.96 Å². The van der Waals surface area contributed by atoms with Crippen LogP contribution in [0.4, 0.5) is 11.4 Å². The van der Waals surface area contributed by atoms with Crippen LogP contribution in [-0.4, -0.2) is 39.5 Å². The highest BCUT2D eigenvalue weighted by Gasteiger charge is 2.47. The Labute approximate surface area is 173 Å². The molecule has 1 heterocycles. The van der Waals surface area contributed by atoms with Crippen molar-refractivity contribution in [2.24, 2.45) is 5.84 Å². The molecule has 0 amide bonds. The molecule has 0 radical (unpaired) electrons. The highest BCUT2D eigenvalue weighted by Crippen LogP contribution is 2.37. The SMILES string of the molecule is Cc1ccc(CN2C(=N)N(N)C(C)(C)N2c2ccc([N+](=O)[O-])c(S(=O)(=O)O)c2)cc1. The van der Waals surface area contributed by atoms with Crippen LogP contribution in [0.5, 0.6) is 0 Å². The van der Waals surface area contributed by atoms with E-state index in [1.807, 2.05) is 31.2 Å². The molecule has 0 saturated carbocycles. The van der Waals surface area contributed by atoms with Crippen LogP contribution in [0.25, 0.3) is 0 Å². The third-order valence-electron chi connectivity index (χ3n) is 4.94. The van der Waals surface area contributed by atoms with Crippen LogP contribution in [-0.2, 0) is 16.7 Å². The molecule has 1 aliphatic rings. The zero-order chi connectivity index (χ0) is 22.4. The van der Waals surface area contributed by atoms with Crippen molar-refractivity contribution < 1.29 is 17.9 Å². The van der Waals surface area contributed by atoms with Crippen molar-refractivity contribution >= 4 is 27.5 Å². The summed E-state index contributed by atoms with van der Waals surface area (Å²) in [5.74, 6) is 6.05. The Bertz CT molecular complexity index is 1120. The first-order valence-electron chi connectivity index (χ1n) is 8.86. The van der Waals surface area contributed by atoms with Gasteiger partial charge in [0.25, 0.3) is 5.69 Å². The summed E-state index contributed by atoms with van der Waals surface area (Å²) in [7, 11) is -4.86. The standard InChI is InChI=1S/C18H22N6O5S/c1-12-4-6-13(7-5-12)11-21-17(19)22(20)18(2,3)23(21)14-8-9-15(24(25)26)16(10-14)30(27,28)29/h4-10,19H,11,20H2,1-3H3,(H,27,28,29). The molecule has 0 aliphatic carbocycles. The van der Waals surface area contributed by atoms with Gasteiger partial charge in [0.15, 0.2) is 4.90 Å². The molecule has 0 spiro atoms. The fraction of sp³-hybridized carbons (Fsp3) is 0.278. The van der Waals surface area contributed by atoms with Crippen LogP contribution < -0.4 is 10.9 Å². The van der Waals surface area contributed by atoms with Gasteiger partial charge in [-0.05, 0) is 38.5 Å². The highest BCUT2D eigenvalue weighted by atomic mass is 32.2. The van der Waals surface area contributed by atoms with E-state index in [2.05, 4.69) is 0 Å². The summed E-state index contributed by atoms with van der Waals surface area (Å²) < 4.78 is 33.0. The van der Waals surface area contributed by atoms with Gasteiger partial charge in [-0.2, -0.15) is 8.42 Å². The molecule has 0 unspecified atom stereocenters. The lowest BCUT2D eigenvalue weighted by molar-refractivity contribution is -0.387. The van der Waals surface area contributed by atoms with Crippen LogP contribution in [0, 0.1) is 22.4 Å². The van der Waals surface area contributed by atoms with E-state index >= 15 is 0 Å². The first kappa shape index (κ1) is 21.5. The van der Waals surface area contributed by atoms with Crippen molar-refractivity contribution in [3.8, 4) is 0 Å². The molecular formula is C18H22N6O5S. The number of aryl methyl sites for hydroxylation is 1. The molecule has 0 aromatic heterocycles. The molecule has 1 aliphatic heterocycles. The van der Waals surface area contributed by atoms with Crippen molar-refractivity contribution in [3.63, 3.8) is 0 Å². The molecule has 0 atom stereocenters. The third-order valence-corrected chi connectivity index (χ3v) is 5.82. The molecule has 30 heavy (non-hydrogen) atoms. The lowest BCUT2D eigenvalue weighted by atomic mass is 10.1. The Hall–Kier alpha value is -3.22. The minimum absolute atomic E-state index is 0.0488. The Kier molecular flexibility index (Phi) is 5.18. The Morgan fingerprint density at radius 3 is 2.33 bits per heavy atom. The van der Waals surface area contributed by atoms with Gasteiger partial charge in [0.1, 0.15) is 5.66 Å². The molecule has 11 nitrogen and oxygen atoms in total. The van der Waals surface area contributed by atoms with E-state index in [1.165, 1.54) is 16.1 Å². The Morgan fingerprint density at radius 1 is 1.20 bits per heavy atom. The molecule has 4 N–H and O–H groups in total. The second kappa shape index (κ2) is 7.23. The maximum Gasteiger partial charge on any atom is 0.301 e. The van der Waals surface area contributed by atoms with Crippen LogP contribution in [0.2, 0.25) is 0 Å². The number of hydrogen-bond donors (Lipinski definition) is 3. The lowest BCUT2D eigenvalue weighted by Crippen LogP contribution is -2.53. The van der Waals surface area contributed by atoms with Gasteiger partial charge in [-0.15, -0.1) is 0 Å². The summed E-state index contributed by atoms with van der Waals surface area (Å²) >= 11 is 0. The fourth-order valence-corrected chi connectivity index (χ4v) is 4.01. The van der Waals surface area contributed by atoms with Crippen LogP contribution >= 0.6 is 0 Å². The smallest absolute Gasteiger partial charge is 0.282 e. The van der Waals surface area contributed by atoms with Gasteiger partial charge in [-0.1, -0.05) is 29.8 Å². The zero-order valence-corrected chi connectivity index (χ0v) is 17.4. The predicted molar refractivity (Wildman–Crippen MR) is 110 cm³/mol. The van der Waals surface area contributed by atoms with E-state index in [0.717, 1.165) is 23.3 Å². The maximum absolute atomic E-state index is 11.8. The summed E-state index contributed by atoms with van der Waals surface area (Å²) in [6.07, 6.45) is 0. The first-order chi connectivity index (χ1) is 13.8. The largest absolute Gasteiger partial charge is 0.301 e. The van der Waals surface area contributed by atoms with Gasteiger partial charge >= 0.3 is 10.1 Å². The molecule has 2 aromatic carbocycles. The van der Waals surface area contributed by atoms with E-state index in [-0.39, 0.29) is 18.2 Å². The lowest BCUT2D eigenvalue weighted by Gasteiger charge is -2.38. The number of hydrogen-bond acceptors (Lipinski definition) is 7. The highest BCUT2D eigenvalue weighted by molar-refractivity contribution is 7.86. The van der Waals surface area contributed by atoms with Crippen molar-refractivity contribution in [1.82, 2.24) is 10.0 Å². The minimum atomic E-state index is -4.86. The van der Waals surface area contributed by atoms with Crippen LogP contribution in [0.15, 0.2) is 47.4 Å². The third kappa shape index (κ3) is 3.67. The van der Waals surface area contributed by atoms with E-state index in [1.54, 1.807) is 18.9 Å². The number of rotatable bonds is 5. The van der Waals surface area contributed by atoms with E-state index in [4.69, 9.17) is 11.3 Å². The van der Waals surface area contributed by atoms with Gasteiger partial charge in [-0.25, -0.2) is 10.9 Å². The van der Waals surface area contributed by atoms with Gasteiger partial charge in [-0.3, -0.25) is 30.1 Å². The Morgan fingerprint density at radius 2 is 1.80 bits per heavy atom. The summed E-state index contributed by atoms with van der Waals surface area (Å²) in [5, 5.41) is 23.9. The van der Waals surface area contributed by atoms with Crippen molar-refractivity contribution in [2.75, 3.05) is 5.01 Å². The van der Waals surface area contributed by atoms with Crippen molar-refractivity contribution in [1.29, 1.82) is 5.41 Å². The van der Waals surface area contributed by atoms with Crippen molar-refractivity contribution in [2.45, 2.75) is 37.9 Å².